The fourth-order valence-electron chi connectivity index (χ4n) is 2.60. The Morgan fingerprint density at radius 3 is 2.58 bits per heavy atom. The molecule has 0 bridgehead atoms. The highest BCUT2D eigenvalue weighted by molar-refractivity contribution is 7.80. The Balaban J connectivity index is 2.07. The number of thiocarbonyl (C=S) groups is 1. The number of rotatable bonds is 4. The maximum absolute atomic E-state index is 5.59. The summed E-state index contributed by atoms with van der Waals surface area (Å²) in [6, 6.07) is 5.11. The van der Waals surface area contributed by atoms with Crippen LogP contribution in [0.25, 0.3) is 0 Å². The number of hydrogen-bond donors (Lipinski definition) is 1. The first-order valence-corrected chi connectivity index (χ1v) is 7.53. The molecule has 1 fully saturated rings. The Kier molecular flexibility index (Phi) is 5.14. The summed E-state index contributed by atoms with van der Waals surface area (Å²) in [7, 11) is 0. The van der Waals surface area contributed by atoms with Gasteiger partial charge in [0.15, 0.2) is 5.11 Å². The summed E-state index contributed by atoms with van der Waals surface area (Å²) in [4.78, 5) is 6.44. The second-order valence-electron chi connectivity index (χ2n) is 5.53. The monoisotopic (exact) mass is 277 g/mol. The molecule has 104 valence electrons. The summed E-state index contributed by atoms with van der Waals surface area (Å²) in [5, 5.41) is 4.27. The van der Waals surface area contributed by atoms with E-state index < -0.39 is 0 Å². The van der Waals surface area contributed by atoms with Gasteiger partial charge in [-0.1, -0.05) is 12.8 Å². The Morgan fingerprint density at radius 2 is 2.00 bits per heavy atom. The molecule has 4 heteroatoms. The van der Waals surface area contributed by atoms with E-state index in [2.05, 4.69) is 41.2 Å². The van der Waals surface area contributed by atoms with Gasteiger partial charge in [0.05, 0.1) is 0 Å². The van der Waals surface area contributed by atoms with Gasteiger partial charge in [0.2, 0.25) is 0 Å². The van der Waals surface area contributed by atoms with Crippen LogP contribution in [-0.4, -0.2) is 27.1 Å². The van der Waals surface area contributed by atoms with E-state index in [1.807, 2.05) is 12.4 Å². The molecule has 0 aliphatic heterocycles. The third kappa shape index (κ3) is 4.16. The molecule has 2 rings (SSSR count). The van der Waals surface area contributed by atoms with Crippen LogP contribution in [0.4, 0.5) is 0 Å². The molecule has 0 atom stereocenters. The summed E-state index contributed by atoms with van der Waals surface area (Å²) < 4.78 is 0. The zero-order valence-corrected chi connectivity index (χ0v) is 12.6. The maximum Gasteiger partial charge on any atom is 0.169 e. The van der Waals surface area contributed by atoms with Gasteiger partial charge < -0.3 is 10.2 Å². The fourth-order valence-corrected chi connectivity index (χ4v) is 3.05. The van der Waals surface area contributed by atoms with Gasteiger partial charge in [-0.25, -0.2) is 0 Å². The van der Waals surface area contributed by atoms with Crippen molar-refractivity contribution < 1.29 is 0 Å². The molecule has 1 heterocycles. The molecule has 1 aromatic heterocycles. The highest BCUT2D eigenvalue weighted by Gasteiger charge is 2.24. The van der Waals surface area contributed by atoms with Crippen LogP contribution in [0.3, 0.4) is 0 Å². The highest BCUT2D eigenvalue weighted by atomic mass is 32.1. The van der Waals surface area contributed by atoms with Crippen molar-refractivity contribution in [1.29, 1.82) is 0 Å². The van der Waals surface area contributed by atoms with Crippen molar-refractivity contribution in [2.75, 3.05) is 0 Å². The predicted octanol–water partition coefficient (Wildman–Crippen LogP) is 3.11. The zero-order valence-electron chi connectivity index (χ0n) is 11.8. The minimum atomic E-state index is 0.383. The van der Waals surface area contributed by atoms with Gasteiger partial charge in [-0.3, -0.25) is 4.98 Å². The number of pyridine rings is 1. The molecule has 19 heavy (non-hydrogen) atoms. The molecule has 0 aromatic carbocycles. The van der Waals surface area contributed by atoms with Gasteiger partial charge in [0, 0.05) is 31.0 Å². The van der Waals surface area contributed by atoms with Crippen LogP contribution < -0.4 is 5.32 Å². The second kappa shape index (κ2) is 6.85. The van der Waals surface area contributed by atoms with E-state index in [4.69, 9.17) is 12.2 Å². The van der Waals surface area contributed by atoms with E-state index in [0.717, 1.165) is 11.7 Å². The van der Waals surface area contributed by atoms with Crippen molar-refractivity contribution in [3.05, 3.63) is 30.1 Å². The topological polar surface area (TPSA) is 28.2 Å². The van der Waals surface area contributed by atoms with Crippen LogP contribution in [0.2, 0.25) is 0 Å². The number of nitrogens with zero attached hydrogens (tertiary/aromatic N) is 2. The van der Waals surface area contributed by atoms with Crippen molar-refractivity contribution in [2.24, 2.45) is 0 Å². The molecule has 1 aromatic rings. The smallest absolute Gasteiger partial charge is 0.169 e. The third-order valence-corrected chi connectivity index (χ3v) is 3.89. The largest absolute Gasteiger partial charge is 0.360 e. The molecule has 0 saturated heterocycles. The third-order valence-electron chi connectivity index (χ3n) is 3.54. The lowest BCUT2D eigenvalue weighted by molar-refractivity contribution is 0.301. The Hall–Kier alpha value is -1.16. The van der Waals surface area contributed by atoms with E-state index in [0.29, 0.717) is 12.1 Å². The molecule has 1 saturated carbocycles. The minimum absolute atomic E-state index is 0.383. The van der Waals surface area contributed by atoms with Crippen LogP contribution >= 0.6 is 12.2 Å². The Bertz CT molecular complexity index is 399. The average molecular weight is 277 g/mol. The molecule has 0 amide bonds. The molecule has 1 N–H and O–H groups in total. The molecule has 0 radical (unpaired) electrons. The summed E-state index contributed by atoms with van der Waals surface area (Å²) in [6.07, 6.45) is 8.85. The highest BCUT2D eigenvalue weighted by Crippen LogP contribution is 2.25. The fraction of sp³-hybridized carbons (Fsp3) is 0.600. The minimum Gasteiger partial charge on any atom is -0.360 e. The number of aromatic nitrogens is 1. The first kappa shape index (κ1) is 14.3. The average Bonchev–Trinajstić information content (AvgIpc) is 2.90. The second-order valence-corrected chi connectivity index (χ2v) is 5.91. The lowest BCUT2D eigenvalue weighted by Gasteiger charge is -2.32. The van der Waals surface area contributed by atoms with Gasteiger partial charge in [-0.15, -0.1) is 0 Å². The summed E-state index contributed by atoms with van der Waals surface area (Å²) in [6.45, 7) is 5.14. The van der Waals surface area contributed by atoms with Gasteiger partial charge >= 0.3 is 0 Å². The molecule has 0 unspecified atom stereocenters. The van der Waals surface area contributed by atoms with Gasteiger partial charge in [0.1, 0.15) is 0 Å². The van der Waals surface area contributed by atoms with Crippen LogP contribution in [0.5, 0.6) is 0 Å². The summed E-state index contributed by atoms with van der Waals surface area (Å²) >= 11 is 5.59. The first-order valence-electron chi connectivity index (χ1n) is 7.13. The van der Waals surface area contributed by atoms with Crippen molar-refractivity contribution in [1.82, 2.24) is 15.2 Å². The van der Waals surface area contributed by atoms with Crippen LogP contribution in [0, 0.1) is 0 Å². The van der Waals surface area contributed by atoms with Crippen molar-refractivity contribution >= 4 is 17.3 Å². The number of nitrogens with one attached hydrogen (secondary N) is 1. The maximum atomic E-state index is 5.59. The molecule has 3 nitrogen and oxygen atoms in total. The molecular weight excluding hydrogens is 254 g/mol. The zero-order chi connectivity index (χ0) is 13.7. The van der Waals surface area contributed by atoms with Crippen molar-refractivity contribution in [2.45, 2.75) is 58.2 Å². The SMILES string of the molecule is CC(C)NC(=S)N(Cc1ccncc1)C1CCCC1. The number of hydrogen-bond acceptors (Lipinski definition) is 2. The van der Waals surface area contributed by atoms with Gasteiger partial charge in [-0.05, 0) is 56.6 Å². The van der Waals surface area contributed by atoms with Crippen molar-refractivity contribution in [3.63, 3.8) is 0 Å². The van der Waals surface area contributed by atoms with E-state index >= 15 is 0 Å². The lowest BCUT2D eigenvalue weighted by atomic mass is 10.2. The van der Waals surface area contributed by atoms with Crippen molar-refractivity contribution in [3.8, 4) is 0 Å². The predicted molar refractivity (Wildman–Crippen MR) is 82.9 cm³/mol. The summed E-state index contributed by atoms with van der Waals surface area (Å²) in [5.74, 6) is 0. The van der Waals surface area contributed by atoms with Crippen LogP contribution in [0.15, 0.2) is 24.5 Å². The molecule has 1 aliphatic carbocycles. The quantitative estimate of drug-likeness (QED) is 0.856. The Labute approximate surface area is 121 Å². The normalized spacial score (nSPS) is 15.7. The van der Waals surface area contributed by atoms with E-state index in [1.54, 1.807) is 0 Å². The van der Waals surface area contributed by atoms with E-state index in [1.165, 1.54) is 31.2 Å². The molecule has 0 spiro atoms. The van der Waals surface area contributed by atoms with Gasteiger partial charge in [0.25, 0.3) is 0 Å². The first-order chi connectivity index (χ1) is 9.16. The van der Waals surface area contributed by atoms with E-state index in [-0.39, 0.29) is 0 Å². The standard InChI is InChI=1S/C15H23N3S/c1-12(2)17-15(19)18(14-5-3-4-6-14)11-13-7-9-16-10-8-13/h7-10,12,14H,3-6,11H2,1-2H3,(H,17,19). The summed E-state index contributed by atoms with van der Waals surface area (Å²) in [5.41, 5.74) is 1.27. The van der Waals surface area contributed by atoms with E-state index in [9.17, 15) is 0 Å². The molecule has 1 aliphatic rings. The van der Waals surface area contributed by atoms with Crippen LogP contribution in [0.1, 0.15) is 45.1 Å². The van der Waals surface area contributed by atoms with Crippen LogP contribution in [-0.2, 0) is 6.54 Å². The van der Waals surface area contributed by atoms with Gasteiger partial charge in [-0.2, -0.15) is 0 Å². The Morgan fingerprint density at radius 1 is 1.37 bits per heavy atom. The molecular formula is C15H23N3S. The lowest BCUT2D eigenvalue weighted by Crippen LogP contribution is -2.46.